The van der Waals surface area contributed by atoms with Gasteiger partial charge in [-0.25, -0.2) is 18.1 Å². The van der Waals surface area contributed by atoms with Crippen LogP contribution in [0.2, 0.25) is 0 Å². The molecule has 0 bridgehead atoms. The van der Waals surface area contributed by atoms with Crippen molar-refractivity contribution < 1.29 is 13.2 Å². The summed E-state index contributed by atoms with van der Waals surface area (Å²) in [6.07, 6.45) is 5.45. The van der Waals surface area contributed by atoms with Crippen LogP contribution in [0, 0.1) is 6.92 Å². The molecule has 0 saturated carbocycles. The van der Waals surface area contributed by atoms with Gasteiger partial charge >= 0.3 is 0 Å². The first-order valence-electron chi connectivity index (χ1n) is 9.73. The first-order chi connectivity index (χ1) is 13.3. The Labute approximate surface area is 170 Å². The van der Waals surface area contributed by atoms with Crippen LogP contribution in [0.4, 0.5) is 0 Å². The Bertz CT molecular complexity index is 927. The van der Waals surface area contributed by atoms with Gasteiger partial charge in [-0.2, -0.15) is 0 Å². The molecule has 0 spiro atoms. The van der Waals surface area contributed by atoms with E-state index in [2.05, 4.69) is 9.71 Å². The number of thiazole rings is 1. The summed E-state index contributed by atoms with van der Waals surface area (Å²) >= 11 is 1.45. The highest BCUT2D eigenvalue weighted by Gasteiger charge is 2.24. The summed E-state index contributed by atoms with van der Waals surface area (Å²) in [5.74, 6) is 0.0173. The maximum Gasteiger partial charge on any atom is 0.242 e. The molecule has 2 aromatic heterocycles. The number of likely N-dealkylation sites (tertiary alicyclic amines) is 1. The van der Waals surface area contributed by atoms with Crippen molar-refractivity contribution in [3.05, 3.63) is 23.3 Å². The van der Waals surface area contributed by atoms with Gasteiger partial charge in [0.25, 0.3) is 0 Å². The molecule has 7 nitrogen and oxygen atoms in total. The summed E-state index contributed by atoms with van der Waals surface area (Å²) in [7, 11) is -3.65. The van der Waals surface area contributed by atoms with Crippen LogP contribution in [0.15, 0.2) is 22.5 Å². The van der Waals surface area contributed by atoms with Crippen molar-refractivity contribution in [2.75, 3.05) is 13.1 Å². The third-order valence-electron chi connectivity index (χ3n) is 5.00. The molecule has 0 radical (unpaired) electrons. The molecule has 1 atom stereocenters. The Morgan fingerprint density at radius 3 is 2.64 bits per heavy atom. The van der Waals surface area contributed by atoms with Crippen LogP contribution in [0.1, 0.15) is 45.2 Å². The number of hydrogen-bond acceptors (Lipinski definition) is 5. The Morgan fingerprint density at radius 1 is 1.32 bits per heavy atom. The highest BCUT2D eigenvalue weighted by molar-refractivity contribution is 7.89. The summed E-state index contributed by atoms with van der Waals surface area (Å²) in [6, 6.07) is 1.46. The van der Waals surface area contributed by atoms with Crippen LogP contribution in [-0.2, 0) is 21.4 Å². The van der Waals surface area contributed by atoms with Gasteiger partial charge in [-0.15, -0.1) is 11.3 Å². The molecule has 1 saturated heterocycles. The van der Waals surface area contributed by atoms with E-state index in [1.54, 1.807) is 16.8 Å². The third kappa shape index (κ3) is 4.82. The van der Waals surface area contributed by atoms with E-state index in [-0.39, 0.29) is 23.4 Å². The van der Waals surface area contributed by atoms with E-state index in [1.165, 1.54) is 11.3 Å². The molecule has 1 fully saturated rings. The van der Waals surface area contributed by atoms with Crippen LogP contribution in [0.3, 0.4) is 0 Å². The Hall–Kier alpha value is -1.71. The zero-order valence-electron chi connectivity index (χ0n) is 16.6. The van der Waals surface area contributed by atoms with Gasteiger partial charge in [0.2, 0.25) is 15.9 Å². The van der Waals surface area contributed by atoms with E-state index in [0.29, 0.717) is 17.1 Å². The number of sulfonamides is 1. The molecule has 2 aromatic rings. The smallest absolute Gasteiger partial charge is 0.242 e. The SMILES string of the molecule is CC[C@@H](C)NS(=O)(=O)c1cc(-c2nc(C)cs2)n(CC(=O)N2CCCCC2)c1. The summed E-state index contributed by atoms with van der Waals surface area (Å²) in [5.41, 5.74) is 1.53. The second-order valence-electron chi connectivity index (χ2n) is 7.36. The lowest BCUT2D eigenvalue weighted by molar-refractivity contribution is -0.132. The van der Waals surface area contributed by atoms with Gasteiger partial charge in [-0.1, -0.05) is 6.92 Å². The van der Waals surface area contributed by atoms with Gasteiger partial charge < -0.3 is 9.47 Å². The average Bonchev–Trinajstić information content (AvgIpc) is 3.28. The largest absolute Gasteiger partial charge is 0.341 e. The molecule has 9 heteroatoms. The average molecular weight is 425 g/mol. The van der Waals surface area contributed by atoms with Crippen molar-refractivity contribution in [1.29, 1.82) is 0 Å². The predicted octanol–water partition coefficient (Wildman–Crippen LogP) is 3.01. The molecular formula is C19H28N4O3S2. The highest BCUT2D eigenvalue weighted by Crippen LogP contribution is 2.28. The topological polar surface area (TPSA) is 84.3 Å². The molecule has 0 aromatic carbocycles. The molecule has 3 rings (SSSR count). The van der Waals surface area contributed by atoms with Crippen LogP contribution in [0.5, 0.6) is 0 Å². The molecule has 1 N–H and O–H groups in total. The number of aryl methyl sites for hydroxylation is 1. The quantitative estimate of drug-likeness (QED) is 0.740. The fourth-order valence-corrected chi connectivity index (χ4v) is 5.41. The molecule has 0 unspecified atom stereocenters. The molecule has 1 aliphatic heterocycles. The van der Waals surface area contributed by atoms with Crippen molar-refractivity contribution in [2.24, 2.45) is 0 Å². The minimum atomic E-state index is -3.65. The van der Waals surface area contributed by atoms with Crippen molar-refractivity contribution in [2.45, 2.75) is 63.9 Å². The summed E-state index contributed by atoms with van der Waals surface area (Å²) < 4.78 is 29.9. The minimum absolute atomic E-state index is 0.0173. The Kier molecular flexibility index (Phi) is 6.57. The Morgan fingerprint density at radius 2 is 2.04 bits per heavy atom. The van der Waals surface area contributed by atoms with Crippen molar-refractivity contribution in [3.63, 3.8) is 0 Å². The van der Waals surface area contributed by atoms with Gasteiger partial charge in [0.05, 0.1) is 5.69 Å². The molecule has 1 amide bonds. The van der Waals surface area contributed by atoms with Gasteiger partial charge in [0.1, 0.15) is 16.4 Å². The van der Waals surface area contributed by atoms with E-state index in [1.807, 2.05) is 31.1 Å². The maximum atomic E-state index is 12.8. The number of nitrogens with one attached hydrogen (secondary N) is 1. The fourth-order valence-electron chi connectivity index (χ4n) is 3.22. The molecule has 154 valence electrons. The molecular weight excluding hydrogens is 396 g/mol. The van der Waals surface area contributed by atoms with E-state index in [9.17, 15) is 13.2 Å². The van der Waals surface area contributed by atoms with Gasteiger partial charge in [-0.05, 0) is 45.6 Å². The summed E-state index contributed by atoms with van der Waals surface area (Å²) in [5, 5.41) is 2.64. The highest BCUT2D eigenvalue weighted by atomic mass is 32.2. The zero-order chi connectivity index (χ0) is 20.3. The predicted molar refractivity (Wildman–Crippen MR) is 111 cm³/mol. The molecule has 0 aliphatic carbocycles. The van der Waals surface area contributed by atoms with E-state index in [0.717, 1.165) is 38.0 Å². The fraction of sp³-hybridized carbons (Fsp3) is 0.579. The van der Waals surface area contributed by atoms with Crippen LogP contribution in [-0.4, -0.2) is 47.9 Å². The number of amides is 1. The number of piperidine rings is 1. The monoisotopic (exact) mass is 424 g/mol. The van der Waals surface area contributed by atoms with E-state index in [4.69, 9.17) is 0 Å². The number of carbonyl (C=O) groups is 1. The molecule has 3 heterocycles. The first-order valence-corrected chi connectivity index (χ1v) is 12.1. The second kappa shape index (κ2) is 8.75. The summed E-state index contributed by atoms with van der Waals surface area (Å²) in [6.45, 7) is 7.32. The van der Waals surface area contributed by atoms with E-state index >= 15 is 0 Å². The minimum Gasteiger partial charge on any atom is -0.341 e. The first kappa shape index (κ1) is 21.0. The van der Waals surface area contributed by atoms with Gasteiger partial charge in [0.15, 0.2) is 0 Å². The number of nitrogens with zero attached hydrogens (tertiary/aromatic N) is 3. The van der Waals surface area contributed by atoms with Gasteiger partial charge in [0, 0.05) is 36.4 Å². The molecule has 1 aliphatic rings. The van der Waals surface area contributed by atoms with Crippen molar-refractivity contribution >= 4 is 27.3 Å². The lowest BCUT2D eigenvalue weighted by Gasteiger charge is -2.27. The number of aromatic nitrogens is 2. The lowest BCUT2D eigenvalue weighted by atomic mass is 10.1. The van der Waals surface area contributed by atoms with Crippen molar-refractivity contribution in [1.82, 2.24) is 19.2 Å². The second-order valence-corrected chi connectivity index (χ2v) is 9.93. The van der Waals surface area contributed by atoms with Crippen LogP contribution >= 0.6 is 11.3 Å². The maximum absolute atomic E-state index is 12.8. The van der Waals surface area contributed by atoms with E-state index < -0.39 is 10.0 Å². The lowest BCUT2D eigenvalue weighted by Crippen LogP contribution is -2.37. The van der Waals surface area contributed by atoms with Crippen LogP contribution < -0.4 is 4.72 Å². The third-order valence-corrected chi connectivity index (χ3v) is 7.54. The number of rotatable bonds is 7. The summed E-state index contributed by atoms with van der Waals surface area (Å²) in [4.78, 5) is 19.3. The Balaban J connectivity index is 1.92. The molecule has 28 heavy (non-hydrogen) atoms. The normalized spacial score (nSPS) is 16.3. The van der Waals surface area contributed by atoms with Gasteiger partial charge in [-0.3, -0.25) is 4.79 Å². The number of carbonyl (C=O) groups excluding carboxylic acids is 1. The number of hydrogen-bond donors (Lipinski definition) is 1. The standard InChI is InChI=1S/C19H28N4O3S2/c1-4-14(2)21-28(25,26)16-10-17(19-20-15(3)13-27-19)23(11-16)12-18(24)22-8-6-5-7-9-22/h10-11,13-14,21H,4-9,12H2,1-3H3/t14-/m1/s1. The zero-order valence-corrected chi connectivity index (χ0v) is 18.3. The van der Waals surface area contributed by atoms with Crippen molar-refractivity contribution in [3.8, 4) is 10.7 Å². The van der Waals surface area contributed by atoms with Crippen LogP contribution in [0.25, 0.3) is 10.7 Å².